The monoisotopic (exact) mass is 387 g/mol. The molecule has 1 saturated heterocycles. The van der Waals surface area contributed by atoms with Crippen molar-refractivity contribution in [2.75, 3.05) is 31.6 Å². The molecule has 0 spiro atoms. The number of benzene rings is 2. The van der Waals surface area contributed by atoms with E-state index < -0.39 is 10.7 Å². The predicted octanol–water partition coefficient (Wildman–Crippen LogP) is 3.45. The number of anilines is 1. The minimum atomic E-state index is -0.614. The van der Waals surface area contributed by atoms with E-state index >= 15 is 0 Å². The second-order valence-corrected chi connectivity index (χ2v) is 7.16. The zero-order valence-corrected chi connectivity index (χ0v) is 15.3. The summed E-state index contributed by atoms with van der Waals surface area (Å²) in [6.07, 6.45) is 1.81. The van der Waals surface area contributed by atoms with Crippen molar-refractivity contribution in [3.8, 4) is 11.5 Å². The highest BCUT2D eigenvalue weighted by Crippen LogP contribution is 2.31. The highest BCUT2D eigenvalue weighted by atomic mass is 19.1. The minimum Gasteiger partial charge on any atom is -0.486 e. The van der Waals surface area contributed by atoms with Gasteiger partial charge >= 0.3 is 0 Å². The third kappa shape index (κ3) is 4.17. The fourth-order valence-corrected chi connectivity index (χ4v) is 3.78. The summed E-state index contributed by atoms with van der Waals surface area (Å²) in [5, 5.41) is 14.4. The molecule has 2 aromatic rings. The standard InChI is InChI=1S/C20H22FN3O4/c21-14-7-8-17(18(10-14)24(25)26)22-15-4-3-9-23(11-15)12-16-13-27-19-5-1-2-6-20(19)28-16/h1-2,5-8,10,15-16,22H,3-4,9,11-13H2/t15-,16-/m0/s1. The van der Waals surface area contributed by atoms with Crippen molar-refractivity contribution in [2.45, 2.75) is 25.0 Å². The number of rotatable bonds is 5. The van der Waals surface area contributed by atoms with Gasteiger partial charge < -0.3 is 14.8 Å². The lowest BCUT2D eigenvalue weighted by molar-refractivity contribution is -0.384. The van der Waals surface area contributed by atoms with Crippen LogP contribution in [0.5, 0.6) is 11.5 Å². The Hall–Kier alpha value is -2.87. The SMILES string of the molecule is O=[N+]([O-])c1cc(F)ccc1N[C@H]1CCCN(C[C@H]2COc3ccccc3O2)C1. The Morgan fingerprint density at radius 2 is 2.07 bits per heavy atom. The molecule has 0 radical (unpaired) electrons. The summed E-state index contributed by atoms with van der Waals surface area (Å²) in [5.41, 5.74) is 0.113. The normalized spacial score (nSPS) is 21.9. The van der Waals surface area contributed by atoms with Crippen molar-refractivity contribution < 1.29 is 18.8 Å². The van der Waals surface area contributed by atoms with E-state index in [1.807, 2.05) is 24.3 Å². The molecule has 148 valence electrons. The topological polar surface area (TPSA) is 76.9 Å². The molecular formula is C20H22FN3O4. The Balaban J connectivity index is 1.37. The van der Waals surface area contributed by atoms with Gasteiger partial charge in [0.25, 0.3) is 5.69 Å². The van der Waals surface area contributed by atoms with Crippen LogP contribution >= 0.6 is 0 Å². The van der Waals surface area contributed by atoms with Crippen molar-refractivity contribution in [1.29, 1.82) is 0 Å². The van der Waals surface area contributed by atoms with Gasteiger partial charge in [0.1, 0.15) is 24.2 Å². The number of ether oxygens (including phenoxy) is 2. The minimum absolute atomic E-state index is 0.0507. The number of para-hydroxylation sites is 2. The molecule has 8 heteroatoms. The van der Waals surface area contributed by atoms with E-state index in [4.69, 9.17) is 9.47 Å². The number of fused-ring (bicyclic) bond motifs is 1. The summed E-state index contributed by atoms with van der Waals surface area (Å²) in [4.78, 5) is 12.9. The Morgan fingerprint density at radius 3 is 2.89 bits per heavy atom. The zero-order chi connectivity index (χ0) is 19.5. The molecule has 28 heavy (non-hydrogen) atoms. The number of hydrogen-bond donors (Lipinski definition) is 1. The third-order valence-corrected chi connectivity index (χ3v) is 5.05. The van der Waals surface area contributed by atoms with Crippen LogP contribution in [0.3, 0.4) is 0 Å². The quantitative estimate of drug-likeness (QED) is 0.626. The van der Waals surface area contributed by atoms with Crippen LogP contribution in [0.1, 0.15) is 12.8 Å². The van der Waals surface area contributed by atoms with Gasteiger partial charge in [-0.05, 0) is 43.7 Å². The number of nitro groups is 1. The van der Waals surface area contributed by atoms with Gasteiger partial charge in [0.15, 0.2) is 11.5 Å². The lowest BCUT2D eigenvalue weighted by Crippen LogP contribution is -2.48. The second kappa shape index (κ2) is 8.02. The Morgan fingerprint density at radius 1 is 1.25 bits per heavy atom. The summed E-state index contributed by atoms with van der Waals surface area (Å²) in [6.45, 7) is 2.88. The zero-order valence-electron chi connectivity index (χ0n) is 15.3. The van der Waals surface area contributed by atoms with Gasteiger partial charge in [0, 0.05) is 19.1 Å². The maximum absolute atomic E-state index is 13.3. The van der Waals surface area contributed by atoms with E-state index in [1.54, 1.807) is 0 Å². The highest BCUT2D eigenvalue weighted by molar-refractivity contribution is 5.61. The molecule has 2 aromatic carbocycles. The van der Waals surface area contributed by atoms with Gasteiger partial charge in [-0.15, -0.1) is 0 Å². The first-order valence-electron chi connectivity index (χ1n) is 9.40. The van der Waals surface area contributed by atoms with Crippen molar-refractivity contribution >= 4 is 11.4 Å². The summed E-state index contributed by atoms with van der Waals surface area (Å²) >= 11 is 0. The van der Waals surface area contributed by atoms with Crippen molar-refractivity contribution in [1.82, 2.24) is 4.90 Å². The summed E-state index contributed by atoms with van der Waals surface area (Å²) in [7, 11) is 0. The molecule has 0 saturated carbocycles. The number of nitro benzene ring substituents is 1. The van der Waals surface area contributed by atoms with Crippen LogP contribution in [0, 0.1) is 15.9 Å². The number of likely N-dealkylation sites (tertiary alicyclic amines) is 1. The largest absolute Gasteiger partial charge is 0.486 e. The van der Waals surface area contributed by atoms with Crippen molar-refractivity contribution in [3.63, 3.8) is 0 Å². The maximum Gasteiger partial charge on any atom is 0.295 e. The summed E-state index contributed by atoms with van der Waals surface area (Å²) < 4.78 is 25.2. The number of halogens is 1. The van der Waals surface area contributed by atoms with Gasteiger partial charge in [0.2, 0.25) is 0 Å². The first-order chi connectivity index (χ1) is 13.6. The van der Waals surface area contributed by atoms with E-state index in [0.29, 0.717) is 12.3 Å². The molecule has 2 aliphatic heterocycles. The molecule has 1 fully saturated rings. The van der Waals surface area contributed by atoms with Crippen LogP contribution in [0.15, 0.2) is 42.5 Å². The van der Waals surface area contributed by atoms with E-state index in [1.165, 1.54) is 12.1 Å². The van der Waals surface area contributed by atoms with Gasteiger partial charge in [0.05, 0.1) is 11.0 Å². The molecular weight excluding hydrogens is 365 g/mol. The number of nitrogens with zero attached hydrogens (tertiary/aromatic N) is 2. The molecule has 2 heterocycles. The average molecular weight is 387 g/mol. The van der Waals surface area contributed by atoms with Crippen LogP contribution in [0.4, 0.5) is 15.8 Å². The first-order valence-corrected chi connectivity index (χ1v) is 9.40. The van der Waals surface area contributed by atoms with Crippen LogP contribution < -0.4 is 14.8 Å². The fourth-order valence-electron chi connectivity index (χ4n) is 3.78. The molecule has 0 amide bonds. The number of piperidine rings is 1. The third-order valence-electron chi connectivity index (χ3n) is 5.05. The molecule has 2 atom stereocenters. The van der Waals surface area contributed by atoms with E-state index in [9.17, 15) is 14.5 Å². The van der Waals surface area contributed by atoms with Crippen LogP contribution in [0.2, 0.25) is 0 Å². The van der Waals surface area contributed by atoms with Crippen LogP contribution in [-0.2, 0) is 0 Å². The summed E-state index contributed by atoms with van der Waals surface area (Å²) in [5.74, 6) is 0.908. The molecule has 7 nitrogen and oxygen atoms in total. The van der Waals surface area contributed by atoms with E-state index in [2.05, 4.69) is 10.2 Å². The molecule has 2 aliphatic rings. The van der Waals surface area contributed by atoms with Crippen molar-refractivity contribution in [3.05, 3.63) is 58.4 Å². The molecule has 0 aromatic heterocycles. The molecule has 4 rings (SSSR count). The fraction of sp³-hybridized carbons (Fsp3) is 0.400. The smallest absolute Gasteiger partial charge is 0.295 e. The van der Waals surface area contributed by atoms with Gasteiger partial charge in [-0.25, -0.2) is 4.39 Å². The van der Waals surface area contributed by atoms with Crippen LogP contribution in [-0.4, -0.2) is 48.2 Å². The lowest BCUT2D eigenvalue weighted by Gasteiger charge is -2.36. The van der Waals surface area contributed by atoms with Crippen LogP contribution in [0.25, 0.3) is 0 Å². The van der Waals surface area contributed by atoms with Gasteiger partial charge in [-0.1, -0.05) is 12.1 Å². The average Bonchev–Trinajstić information content (AvgIpc) is 2.69. The summed E-state index contributed by atoms with van der Waals surface area (Å²) in [6, 6.07) is 11.3. The van der Waals surface area contributed by atoms with Gasteiger partial charge in [-0.3, -0.25) is 15.0 Å². The Kier molecular flexibility index (Phi) is 5.29. The molecule has 0 unspecified atom stereocenters. The Labute approximate surface area is 162 Å². The maximum atomic E-state index is 13.3. The highest BCUT2D eigenvalue weighted by Gasteiger charge is 2.27. The first kappa shape index (κ1) is 18.5. The molecule has 0 bridgehead atoms. The second-order valence-electron chi connectivity index (χ2n) is 7.16. The molecule has 1 N–H and O–H groups in total. The molecule has 0 aliphatic carbocycles. The lowest BCUT2D eigenvalue weighted by atomic mass is 10.0. The van der Waals surface area contributed by atoms with E-state index in [0.717, 1.165) is 50.0 Å². The predicted molar refractivity (Wildman–Crippen MR) is 102 cm³/mol. The Bertz CT molecular complexity index is 863. The van der Waals surface area contributed by atoms with Gasteiger partial charge in [-0.2, -0.15) is 0 Å². The van der Waals surface area contributed by atoms with E-state index in [-0.39, 0.29) is 17.8 Å². The van der Waals surface area contributed by atoms with Crippen molar-refractivity contribution in [2.24, 2.45) is 0 Å². The number of hydrogen-bond acceptors (Lipinski definition) is 6. The number of nitrogens with one attached hydrogen (secondary N) is 1.